The molecule has 0 amide bonds. The molecule has 1 unspecified atom stereocenters. The molecule has 1 atom stereocenters. The average molecular weight is 186 g/mol. The minimum Gasteiger partial charge on any atom is -0.368 e. The van der Waals surface area contributed by atoms with Gasteiger partial charge in [0.1, 0.15) is 0 Å². The fourth-order valence-electron chi connectivity index (χ4n) is 0. The summed E-state index contributed by atoms with van der Waals surface area (Å²) >= 11 is 0. The van der Waals surface area contributed by atoms with E-state index in [1.807, 2.05) is 0 Å². The summed E-state index contributed by atoms with van der Waals surface area (Å²) in [5.74, 6) is 0. The third-order valence-corrected chi connectivity index (χ3v) is 0. The van der Waals surface area contributed by atoms with Gasteiger partial charge >= 0.3 is 9.05 Å². The maximum Gasteiger partial charge on any atom is 0.668 e. The molecule has 0 heterocycles. The van der Waals surface area contributed by atoms with Gasteiger partial charge in [0.2, 0.25) is 0 Å². The molecule has 0 saturated carbocycles. The van der Waals surface area contributed by atoms with E-state index < -0.39 is 9.05 Å². The number of hydrogen-bond acceptors (Lipinski definition) is 4. The Morgan fingerprint density at radius 2 is 0.857 bits per heavy atom. The normalized spacial score (nSPS) is 8.57. The fourth-order valence-corrected chi connectivity index (χ4v) is 0. The van der Waals surface area contributed by atoms with E-state index in [4.69, 9.17) is 19.2 Å². The molecule has 0 aliphatic heterocycles. The summed E-state index contributed by atoms with van der Waals surface area (Å²) in [6, 6.07) is 0. The summed E-state index contributed by atoms with van der Waals surface area (Å²) in [4.78, 5) is 29.3. The Bertz CT molecular complexity index is 27.2. The fraction of sp³-hybridized carbons (Fsp3) is 0. The Morgan fingerprint density at radius 1 is 0.857 bits per heavy atom. The molecule has 0 radical (unpaired) electrons. The van der Waals surface area contributed by atoms with Crippen LogP contribution in [0.1, 0.15) is 0 Å². The van der Waals surface area contributed by atoms with E-state index in [2.05, 4.69) is 0 Å². The molecule has 7 heteroatoms. The van der Waals surface area contributed by atoms with Crippen molar-refractivity contribution in [2.24, 2.45) is 0 Å². The van der Waals surface area contributed by atoms with Gasteiger partial charge in [-0.15, -0.1) is 0 Å². The predicted octanol–water partition coefficient (Wildman–Crippen LogP) is -2.55. The Labute approximate surface area is 55.8 Å². The Morgan fingerprint density at radius 3 is 0.857 bits per heavy atom. The Hall–Kier alpha value is 1.01. The molecule has 0 aromatic rings. The largest absolute Gasteiger partial charge is 0.668 e. The first-order valence-electron chi connectivity index (χ1n) is 0.894. The van der Waals surface area contributed by atoms with Crippen molar-refractivity contribution in [2.75, 3.05) is 0 Å². The van der Waals surface area contributed by atoms with E-state index in [1.165, 1.54) is 0 Å². The standard InChI is InChI=1S/Fe.H4O4Si.H3P/c;1-5(2,3)4;/h;1-4H;1H3. The summed E-state index contributed by atoms with van der Waals surface area (Å²) in [6.45, 7) is 0. The molecule has 4 N–H and O–H groups in total. The third-order valence-electron chi connectivity index (χ3n) is 0. The molecule has 0 fully saturated rings. The first-order chi connectivity index (χ1) is 2.00. The topological polar surface area (TPSA) is 80.9 Å². The molecule has 7 heavy (non-hydrogen) atoms. The van der Waals surface area contributed by atoms with Crippen molar-refractivity contribution >= 4 is 18.9 Å². The monoisotopic (exact) mass is 186 g/mol. The van der Waals surface area contributed by atoms with Crippen LogP contribution < -0.4 is 0 Å². The van der Waals surface area contributed by atoms with Crippen LogP contribution in [0.2, 0.25) is 0 Å². The maximum atomic E-state index is 7.33. The summed E-state index contributed by atoms with van der Waals surface area (Å²) < 4.78 is 0. The SMILES string of the molecule is O[Si](O)(O)O.P.[Fe]. The van der Waals surface area contributed by atoms with E-state index in [0.29, 0.717) is 0 Å². The van der Waals surface area contributed by atoms with Crippen molar-refractivity contribution < 1.29 is 36.3 Å². The molecule has 4 nitrogen and oxygen atoms in total. The second-order valence-electron chi connectivity index (χ2n) is 0.600. The summed E-state index contributed by atoms with van der Waals surface area (Å²) in [6.07, 6.45) is 0. The average Bonchev–Trinajstić information content (AvgIpc) is 0.722. The molecule has 0 aromatic carbocycles. The minimum absolute atomic E-state index is 0. The van der Waals surface area contributed by atoms with Crippen molar-refractivity contribution in [1.82, 2.24) is 0 Å². The van der Waals surface area contributed by atoms with Gasteiger partial charge in [0, 0.05) is 17.1 Å². The predicted molar refractivity (Wildman–Crippen MR) is 25.7 cm³/mol. The van der Waals surface area contributed by atoms with Gasteiger partial charge in [0.05, 0.1) is 0 Å². The van der Waals surface area contributed by atoms with E-state index in [-0.39, 0.29) is 27.0 Å². The molecular weight excluding hydrogens is 179 g/mol. The first-order valence-corrected chi connectivity index (χ1v) is 2.68. The minimum atomic E-state index is -4.61. The molecule has 48 valence electrons. The summed E-state index contributed by atoms with van der Waals surface area (Å²) in [5, 5.41) is 0. The molecule has 0 bridgehead atoms. The van der Waals surface area contributed by atoms with Gasteiger partial charge in [-0.1, -0.05) is 0 Å². The molecule has 0 rings (SSSR count). The van der Waals surface area contributed by atoms with Crippen molar-refractivity contribution in [2.45, 2.75) is 0 Å². The van der Waals surface area contributed by atoms with Crippen LogP contribution in [0.5, 0.6) is 0 Å². The molecule has 0 aliphatic rings. The quantitative estimate of drug-likeness (QED) is 0.248. The second kappa shape index (κ2) is 5.15. The molecule has 0 saturated heterocycles. The van der Waals surface area contributed by atoms with Gasteiger partial charge in [-0.3, -0.25) is 0 Å². The van der Waals surface area contributed by atoms with Crippen LogP contribution in [0, 0.1) is 0 Å². The molecule has 0 spiro atoms. The summed E-state index contributed by atoms with van der Waals surface area (Å²) in [7, 11) is -4.61. The van der Waals surface area contributed by atoms with Gasteiger partial charge in [-0.05, 0) is 0 Å². The zero-order valence-electron chi connectivity index (χ0n) is 3.35. The van der Waals surface area contributed by atoms with Crippen LogP contribution in [-0.2, 0) is 17.1 Å². The van der Waals surface area contributed by atoms with Gasteiger partial charge in [-0.25, -0.2) is 0 Å². The van der Waals surface area contributed by atoms with Crippen molar-refractivity contribution in [3.05, 3.63) is 0 Å². The van der Waals surface area contributed by atoms with Crippen LogP contribution in [0.3, 0.4) is 0 Å². The first kappa shape index (κ1) is 15.7. The van der Waals surface area contributed by atoms with Crippen molar-refractivity contribution in [3.8, 4) is 0 Å². The van der Waals surface area contributed by atoms with Crippen molar-refractivity contribution in [3.63, 3.8) is 0 Å². The van der Waals surface area contributed by atoms with E-state index in [1.54, 1.807) is 0 Å². The van der Waals surface area contributed by atoms with E-state index >= 15 is 0 Å². The van der Waals surface area contributed by atoms with Crippen LogP contribution >= 0.6 is 9.90 Å². The third kappa shape index (κ3) is 173. The van der Waals surface area contributed by atoms with Crippen LogP contribution in [0.25, 0.3) is 0 Å². The summed E-state index contributed by atoms with van der Waals surface area (Å²) in [5.41, 5.74) is 0. The van der Waals surface area contributed by atoms with E-state index in [9.17, 15) is 0 Å². The number of hydrogen-bond donors (Lipinski definition) is 4. The second-order valence-corrected chi connectivity index (χ2v) is 1.80. The van der Waals surface area contributed by atoms with Gasteiger partial charge in [0.15, 0.2) is 0 Å². The Kier molecular flexibility index (Phi) is 11.5. The zero-order chi connectivity index (χ0) is 4.50. The number of rotatable bonds is 0. The molecular formula is H7FeO4PSi. The van der Waals surface area contributed by atoms with Gasteiger partial charge in [0.25, 0.3) is 0 Å². The maximum absolute atomic E-state index is 7.33. The van der Waals surface area contributed by atoms with Crippen LogP contribution in [0.15, 0.2) is 0 Å². The van der Waals surface area contributed by atoms with Gasteiger partial charge < -0.3 is 19.2 Å². The van der Waals surface area contributed by atoms with E-state index in [0.717, 1.165) is 0 Å². The molecule has 0 aliphatic carbocycles. The van der Waals surface area contributed by atoms with Crippen molar-refractivity contribution in [1.29, 1.82) is 0 Å². The van der Waals surface area contributed by atoms with Crippen LogP contribution in [-0.4, -0.2) is 28.2 Å². The Balaban J connectivity index is -0.0000000800. The zero-order valence-corrected chi connectivity index (χ0v) is 6.87. The molecule has 0 aromatic heterocycles. The van der Waals surface area contributed by atoms with Crippen LogP contribution in [0.4, 0.5) is 0 Å². The van der Waals surface area contributed by atoms with Gasteiger partial charge in [-0.2, -0.15) is 9.90 Å². The smallest absolute Gasteiger partial charge is 0.368 e.